The average molecular weight is 288 g/mol. The number of rotatable bonds is 7. The van der Waals surface area contributed by atoms with E-state index in [9.17, 15) is 4.79 Å². The van der Waals surface area contributed by atoms with Gasteiger partial charge in [0.05, 0.1) is 0 Å². The van der Waals surface area contributed by atoms with Crippen molar-refractivity contribution in [2.45, 2.75) is 12.8 Å². The number of nitrogen functional groups attached to an aromatic ring is 1. The topological polar surface area (TPSA) is 89.3 Å². The second-order valence-corrected chi connectivity index (χ2v) is 4.68. The van der Waals surface area contributed by atoms with Crippen LogP contribution in [0.1, 0.15) is 23.3 Å². The van der Waals surface area contributed by atoms with Crippen LogP contribution in [0, 0.1) is 0 Å². The van der Waals surface area contributed by atoms with E-state index in [4.69, 9.17) is 10.6 Å². The van der Waals surface area contributed by atoms with Gasteiger partial charge in [0.15, 0.2) is 0 Å². The SMILES string of the molecule is COCCCCNC(=O)c1cc2ccccc2c(NN)n1. The molecule has 0 unspecified atom stereocenters. The number of nitrogens with two attached hydrogens (primary N) is 1. The van der Waals surface area contributed by atoms with Crippen LogP contribution in [0.2, 0.25) is 0 Å². The minimum absolute atomic E-state index is 0.199. The molecule has 1 aromatic carbocycles. The van der Waals surface area contributed by atoms with Gasteiger partial charge >= 0.3 is 0 Å². The number of hydrogen-bond donors (Lipinski definition) is 3. The number of nitrogens with zero attached hydrogens (tertiary/aromatic N) is 1. The van der Waals surface area contributed by atoms with Crippen molar-refractivity contribution in [3.63, 3.8) is 0 Å². The monoisotopic (exact) mass is 288 g/mol. The van der Waals surface area contributed by atoms with Crippen molar-refractivity contribution >= 4 is 22.5 Å². The number of aromatic nitrogens is 1. The van der Waals surface area contributed by atoms with Gasteiger partial charge in [-0.2, -0.15) is 0 Å². The molecule has 0 radical (unpaired) electrons. The molecular weight excluding hydrogens is 268 g/mol. The van der Waals surface area contributed by atoms with E-state index in [2.05, 4.69) is 15.7 Å². The summed E-state index contributed by atoms with van der Waals surface area (Å²) in [5, 5.41) is 4.66. The third-order valence-electron chi connectivity index (χ3n) is 3.17. The lowest BCUT2D eigenvalue weighted by molar-refractivity contribution is 0.0946. The third-order valence-corrected chi connectivity index (χ3v) is 3.17. The Morgan fingerprint density at radius 1 is 1.33 bits per heavy atom. The van der Waals surface area contributed by atoms with Crippen LogP contribution in [0.15, 0.2) is 30.3 Å². The Labute approximate surface area is 123 Å². The number of amides is 1. The van der Waals surface area contributed by atoms with Gasteiger partial charge in [0.2, 0.25) is 0 Å². The van der Waals surface area contributed by atoms with Crippen LogP contribution in [0.5, 0.6) is 0 Å². The maximum atomic E-state index is 12.1. The molecule has 6 nitrogen and oxygen atoms in total. The summed E-state index contributed by atoms with van der Waals surface area (Å²) in [6.07, 6.45) is 1.78. The zero-order chi connectivity index (χ0) is 15.1. The molecule has 0 saturated carbocycles. The van der Waals surface area contributed by atoms with Crippen LogP contribution in [0.25, 0.3) is 10.8 Å². The smallest absolute Gasteiger partial charge is 0.269 e. The van der Waals surface area contributed by atoms with E-state index >= 15 is 0 Å². The molecule has 0 aliphatic rings. The molecule has 1 heterocycles. The highest BCUT2D eigenvalue weighted by Crippen LogP contribution is 2.21. The number of nitrogens with one attached hydrogen (secondary N) is 2. The van der Waals surface area contributed by atoms with Crippen LogP contribution in [-0.4, -0.2) is 31.2 Å². The van der Waals surface area contributed by atoms with Crippen LogP contribution < -0.4 is 16.6 Å². The fourth-order valence-corrected chi connectivity index (χ4v) is 2.09. The minimum atomic E-state index is -0.199. The Hall–Kier alpha value is -2.18. The number of pyridine rings is 1. The highest BCUT2D eigenvalue weighted by Gasteiger charge is 2.11. The molecule has 0 aliphatic carbocycles. The van der Waals surface area contributed by atoms with Gasteiger partial charge in [-0.3, -0.25) is 4.79 Å². The van der Waals surface area contributed by atoms with Crippen LogP contribution in [0.4, 0.5) is 5.82 Å². The number of ether oxygens (including phenoxy) is 1. The van der Waals surface area contributed by atoms with Crippen LogP contribution in [0.3, 0.4) is 0 Å². The van der Waals surface area contributed by atoms with E-state index < -0.39 is 0 Å². The molecule has 1 amide bonds. The number of anilines is 1. The summed E-state index contributed by atoms with van der Waals surface area (Å²) in [6.45, 7) is 1.30. The number of unbranched alkanes of at least 4 members (excludes halogenated alkanes) is 1. The van der Waals surface area contributed by atoms with Gasteiger partial charge in [-0.25, -0.2) is 10.8 Å². The maximum absolute atomic E-state index is 12.1. The standard InChI is InChI=1S/C15H20N4O2/c1-21-9-5-4-8-17-15(20)13-10-11-6-2-3-7-12(11)14(18-13)19-16/h2-3,6-7,10H,4-5,8-9,16H2,1H3,(H,17,20)(H,18,19). The molecule has 2 aromatic rings. The van der Waals surface area contributed by atoms with E-state index in [1.807, 2.05) is 24.3 Å². The summed E-state index contributed by atoms with van der Waals surface area (Å²) in [5.41, 5.74) is 2.90. The summed E-state index contributed by atoms with van der Waals surface area (Å²) in [4.78, 5) is 16.4. The first-order valence-electron chi connectivity index (χ1n) is 6.90. The Bertz CT molecular complexity index is 616. The molecule has 0 saturated heterocycles. The van der Waals surface area contributed by atoms with Gasteiger partial charge in [-0.1, -0.05) is 24.3 Å². The Kier molecular flexibility index (Phi) is 5.48. The quantitative estimate of drug-likeness (QED) is 0.410. The fraction of sp³-hybridized carbons (Fsp3) is 0.333. The highest BCUT2D eigenvalue weighted by molar-refractivity contribution is 6.00. The first-order valence-corrected chi connectivity index (χ1v) is 6.90. The average Bonchev–Trinajstić information content (AvgIpc) is 2.53. The lowest BCUT2D eigenvalue weighted by Crippen LogP contribution is -2.26. The molecule has 1 aromatic heterocycles. The Balaban J connectivity index is 2.09. The summed E-state index contributed by atoms with van der Waals surface area (Å²) in [7, 11) is 1.67. The molecule has 0 atom stereocenters. The van der Waals surface area contributed by atoms with E-state index in [1.54, 1.807) is 13.2 Å². The largest absolute Gasteiger partial charge is 0.385 e. The van der Waals surface area contributed by atoms with Crippen LogP contribution >= 0.6 is 0 Å². The highest BCUT2D eigenvalue weighted by atomic mass is 16.5. The first kappa shape index (κ1) is 15.2. The number of hydrazine groups is 1. The molecule has 112 valence electrons. The number of methoxy groups -OCH3 is 1. The summed E-state index contributed by atoms with van der Waals surface area (Å²) < 4.78 is 4.96. The van der Waals surface area contributed by atoms with Gasteiger partial charge < -0.3 is 15.5 Å². The van der Waals surface area contributed by atoms with Gasteiger partial charge in [0, 0.05) is 25.6 Å². The van der Waals surface area contributed by atoms with Crippen molar-refractivity contribution in [2.75, 3.05) is 25.7 Å². The van der Waals surface area contributed by atoms with Crippen LogP contribution in [-0.2, 0) is 4.74 Å². The lowest BCUT2D eigenvalue weighted by Gasteiger charge is -2.09. The van der Waals surface area contributed by atoms with E-state index in [0.717, 1.165) is 23.6 Å². The van der Waals surface area contributed by atoms with Crippen molar-refractivity contribution in [1.29, 1.82) is 0 Å². The van der Waals surface area contributed by atoms with Gasteiger partial charge in [-0.05, 0) is 24.3 Å². The van der Waals surface area contributed by atoms with Crippen molar-refractivity contribution in [3.05, 3.63) is 36.0 Å². The number of carbonyl (C=O) groups is 1. The van der Waals surface area contributed by atoms with Gasteiger partial charge in [0.1, 0.15) is 11.5 Å². The minimum Gasteiger partial charge on any atom is -0.385 e. The summed E-state index contributed by atoms with van der Waals surface area (Å²) in [5.74, 6) is 5.78. The third kappa shape index (κ3) is 3.90. The molecule has 0 bridgehead atoms. The molecule has 0 spiro atoms. The molecule has 0 aliphatic heterocycles. The molecule has 6 heteroatoms. The van der Waals surface area contributed by atoms with Crippen molar-refractivity contribution < 1.29 is 9.53 Å². The molecule has 0 fully saturated rings. The van der Waals surface area contributed by atoms with E-state index in [-0.39, 0.29) is 5.91 Å². The maximum Gasteiger partial charge on any atom is 0.269 e. The number of hydrogen-bond acceptors (Lipinski definition) is 5. The summed E-state index contributed by atoms with van der Waals surface area (Å²) in [6, 6.07) is 9.41. The molecular formula is C15H20N4O2. The van der Waals surface area contributed by atoms with Gasteiger partial charge in [0.25, 0.3) is 5.91 Å². The van der Waals surface area contributed by atoms with Crippen molar-refractivity contribution in [3.8, 4) is 0 Å². The van der Waals surface area contributed by atoms with Crippen molar-refractivity contribution in [2.24, 2.45) is 5.84 Å². The number of fused-ring (bicyclic) bond motifs is 1. The normalized spacial score (nSPS) is 10.6. The number of benzene rings is 1. The molecule has 2 rings (SSSR count). The lowest BCUT2D eigenvalue weighted by atomic mass is 10.1. The van der Waals surface area contributed by atoms with E-state index in [1.165, 1.54) is 0 Å². The van der Waals surface area contributed by atoms with Gasteiger partial charge in [-0.15, -0.1) is 0 Å². The predicted molar refractivity (Wildman–Crippen MR) is 83.0 cm³/mol. The van der Waals surface area contributed by atoms with E-state index in [0.29, 0.717) is 24.7 Å². The molecule has 4 N–H and O–H groups in total. The zero-order valence-electron chi connectivity index (χ0n) is 12.1. The fourth-order valence-electron chi connectivity index (χ4n) is 2.09. The first-order chi connectivity index (χ1) is 10.3. The Morgan fingerprint density at radius 3 is 2.90 bits per heavy atom. The zero-order valence-corrected chi connectivity index (χ0v) is 12.1. The summed E-state index contributed by atoms with van der Waals surface area (Å²) >= 11 is 0. The second-order valence-electron chi connectivity index (χ2n) is 4.68. The molecule has 21 heavy (non-hydrogen) atoms. The second kappa shape index (κ2) is 7.56. The number of carbonyl (C=O) groups excluding carboxylic acids is 1. The predicted octanol–water partition coefficient (Wildman–Crippen LogP) is 1.68. The Morgan fingerprint density at radius 2 is 2.14 bits per heavy atom. The van der Waals surface area contributed by atoms with Crippen molar-refractivity contribution in [1.82, 2.24) is 10.3 Å².